The minimum Gasteiger partial charge on any atom is -0.241 e. The molecule has 0 aliphatic rings. The molecule has 1 heterocycles. The van der Waals surface area contributed by atoms with Crippen LogP contribution in [0.2, 0.25) is 0 Å². The summed E-state index contributed by atoms with van der Waals surface area (Å²) in [6.45, 7) is 4.04. The fourth-order valence-corrected chi connectivity index (χ4v) is 0.716. The van der Waals surface area contributed by atoms with E-state index in [1.54, 1.807) is 0 Å². The molecule has 0 unspecified atom stereocenters. The smallest absolute Gasteiger partial charge is 0.116 e. The highest BCUT2D eigenvalue weighted by Crippen LogP contribution is 1.99. The molecule has 0 saturated heterocycles. The van der Waals surface area contributed by atoms with Gasteiger partial charge < -0.3 is 0 Å². The summed E-state index contributed by atoms with van der Waals surface area (Å²) in [5, 5.41) is 0. The van der Waals surface area contributed by atoms with Gasteiger partial charge >= 0.3 is 0 Å². The molecular formula is C7H9N2. The largest absolute Gasteiger partial charge is 0.241 e. The lowest BCUT2D eigenvalue weighted by atomic mass is 10.2. The maximum atomic E-state index is 4.01. The van der Waals surface area contributed by atoms with E-state index in [2.05, 4.69) is 23.1 Å². The SMILES string of the molecule is CCc1[c]ncnc1C. The van der Waals surface area contributed by atoms with E-state index >= 15 is 0 Å². The van der Waals surface area contributed by atoms with Crippen LogP contribution in [0.5, 0.6) is 0 Å². The third-order valence-corrected chi connectivity index (χ3v) is 1.30. The van der Waals surface area contributed by atoms with E-state index in [1.165, 1.54) is 6.33 Å². The zero-order valence-electron chi connectivity index (χ0n) is 5.68. The normalized spacial score (nSPS) is 9.56. The minimum absolute atomic E-state index is 0.965. The predicted octanol–water partition coefficient (Wildman–Crippen LogP) is 1.15. The van der Waals surface area contributed by atoms with E-state index in [0.29, 0.717) is 0 Å². The van der Waals surface area contributed by atoms with Gasteiger partial charge in [-0.15, -0.1) is 0 Å². The second-order valence-corrected chi connectivity index (χ2v) is 1.90. The lowest BCUT2D eigenvalue weighted by Crippen LogP contribution is -1.91. The van der Waals surface area contributed by atoms with E-state index in [1.807, 2.05) is 6.92 Å². The Morgan fingerprint density at radius 3 is 2.89 bits per heavy atom. The van der Waals surface area contributed by atoms with Crippen LogP contribution in [-0.2, 0) is 6.42 Å². The van der Waals surface area contributed by atoms with Gasteiger partial charge in [-0.1, -0.05) is 6.92 Å². The van der Waals surface area contributed by atoms with Crippen molar-refractivity contribution in [1.29, 1.82) is 0 Å². The molecule has 0 atom stereocenters. The van der Waals surface area contributed by atoms with Gasteiger partial charge in [0.1, 0.15) is 6.33 Å². The molecule has 1 aromatic rings. The molecule has 0 N–H and O–H groups in total. The van der Waals surface area contributed by atoms with Gasteiger partial charge in [-0.05, 0) is 13.3 Å². The summed E-state index contributed by atoms with van der Waals surface area (Å²) in [5.74, 6) is 0. The van der Waals surface area contributed by atoms with Gasteiger partial charge in [-0.25, -0.2) is 9.97 Å². The van der Waals surface area contributed by atoms with Gasteiger partial charge in [-0.3, -0.25) is 0 Å². The topological polar surface area (TPSA) is 25.8 Å². The summed E-state index contributed by atoms with van der Waals surface area (Å²) < 4.78 is 0. The van der Waals surface area contributed by atoms with Gasteiger partial charge in [0.25, 0.3) is 0 Å². The van der Waals surface area contributed by atoms with Crippen molar-refractivity contribution >= 4 is 0 Å². The van der Waals surface area contributed by atoms with Crippen LogP contribution in [0, 0.1) is 13.1 Å². The Balaban J connectivity index is 3.01. The maximum Gasteiger partial charge on any atom is 0.116 e. The molecule has 0 aliphatic heterocycles. The standard InChI is InChI=1S/C7H9N2/c1-3-7-4-8-5-9-6(7)2/h5H,3H2,1-2H3. The molecule has 2 nitrogen and oxygen atoms in total. The molecule has 2 heteroatoms. The van der Waals surface area contributed by atoms with Crippen LogP contribution < -0.4 is 0 Å². The van der Waals surface area contributed by atoms with Crippen LogP contribution in [0.1, 0.15) is 18.2 Å². The molecule has 1 rings (SSSR count). The van der Waals surface area contributed by atoms with Gasteiger partial charge in [0.05, 0.1) is 6.20 Å². The number of hydrogen-bond acceptors (Lipinski definition) is 2. The van der Waals surface area contributed by atoms with Crippen LogP contribution in [0.4, 0.5) is 0 Å². The Bertz CT molecular complexity index is 196. The first-order valence-corrected chi connectivity index (χ1v) is 3.02. The summed E-state index contributed by atoms with van der Waals surface area (Å²) in [6, 6.07) is 0. The highest BCUT2D eigenvalue weighted by molar-refractivity contribution is 5.11. The average Bonchev–Trinajstić information content (AvgIpc) is 1.89. The van der Waals surface area contributed by atoms with Crippen LogP contribution in [-0.4, -0.2) is 9.97 Å². The van der Waals surface area contributed by atoms with Crippen molar-refractivity contribution in [3.63, 3.8) is 0 Å². The van der Waals surface area contributed by atoms with E-state index in [0.717, 1.165) is 17.7 Å². The molecule has 9 heavy (non-hydrogen) atoms. The molecule has 1 radical (unpaired) electrons. The van der Waals surface area contributed by atoms with Crippen molar-refractivity contribution in [2.24, 2.45) is 0 Å². The molecule has 0 amide bonds. The molecular weight excluding hydrogens is 112 g/mol. The molecule has 1 aromatic heterocycles. The quantitative estimate of drug-likeness (QED) is 0.557. The van der Waals surface area contributed by atoms with E-state index < -0.39 is 0 Å². The number of hydrogen-bond donors (Lipinski definition) is 0. The van der Waals surface area contributed by atoms with Crippen molar-refractivity contribution in [2.75, 3.05) is 0 Å². The number of aryl methyl sites for hydroxylation is 2. The van der Waals surface area contributed by atoms with E-state index in [-0.39, 0.29) is 0 Å². The Morgan fingerprint density at radius 2 is 2.44 bits per heavy atom. The third-order valence-electron chi connectivity index (χ3n) is 1.30. The van der Waals surface area contributed by atoms with Crippen LogP contribution in [0.15, 0.2) is 6.33 Å². The molecule has 0 fully saturated rings. The Hall–Kier alpha value is -0.920. The monoisotopic (exact) mass is 121 g/mol. The van der Waals surface area contributed by atoms with Crippen molar-refractivity contribution in [1.82, 2.24) is 9.97 Å². The minimum atomic E-state index is 0.965. The Kier molecular flexibility index (Phi) is 1.78. The van der Waals surface area contributed by atoms with Gasteiger partial charge in [-0.2, -0.15) is 0 Å². The lowest BCUT2D eigenvalue weighted by Gasteiger charge is -1.95. The van der Waals surface area contributed by atoms with Gasteiger partial charge in [0.15, 0.2) is 0 Å². The second-order valence-electron chi connectivity index (χ2n) is 1.90. The third kappa shape index (κ3) is 1.25. The first-order chi connectivity index (χ1) is 4.34. The Morgan fingerprint density at radius 1 is 1.67 bits per heavy atom. The zero-order chi connectivity index (χ0) is 6.69. The number of rotatable bonds is 1. The lowest BCUT2D eigenvalue weighted by molar-refractivity contribution is 0.988. The summed E-state index contributed by atoms with van der Waals surface area (Å²) in [7, 11) is 0. The molecule has 0 bridgehead atoms. The summed E-state index contributed by atoms with van der Waals surface area (Å²) >= 11 is 0. The maximum absolute atomic E-state index is 4.01. The van der Waals surface area contributed by atoms with Crippen molar-refractivity contribution in [3.05, 3.63) is 23.8 Å². The first-order valence-electron chi connectivity index (χ1n) is 3.02. The summed E-state index contributed by atoms with van der Waals surface area (Å²) in [6.07, 6.45) is 5.36. The van der Waals surface area contributed by atoms with Gasteiger partial charge in [0.2, 0.25) is 0 Å². The van der Waals surface area contributed by atoms with Crippen molar-refractivity contribution in [3.8, 4) is 0 Å². The molecule has 0 aromatic carbocycles. The van der Waals surface area contributed by atoms with Crippen molar-refractivity contribution in [2.45, 2.75) is 20.3 Å². The molecule has 0 aliphatic carbocycles. The van der Waals surface area contributed by atoms with Crippen LogP contribution in [0.25, 0.3) is 0 Å². The molecule has 47 valence electrons. The number of aromatic nitrogens is 2. The highest BCUT2D eigenvalue weighted by atomic mass is 14.8. The Labute approximate surface area is 55.0 Å². The predicted molar refractivity (Wildman–Crippen MR) is 35.0 cm³/mol. The fraction of sp³-hybridized carbons (Fsp3) is 0.429. The number of nitrogens with zero attached hydrogens (tertiary/aromatic N) is 2. The average molecular weight is 121 g/mol. The van der Waals surface area contributed by atoms with Crippen LogP contribution >= 0.6 is 0 Å². The van der Waals surface area contributed by atoms with Crippen LogP contribution in [0.3, 0.4) is 0 Å². The van der Waals surface area contributed by atoms with E-state index in [4.69, 9.17) is 0 Å². The molecule has 0 saturated carbocycles. The highest BCUT2D eigenvalue weighted by Gasteiger charge is 1.93. The summed E-state index contributed by atoms with van der Waals surface area (Å²) in [5.41, 5.74) is 2.14. The van der Waals surface area contributed by atoms with Crippen molar-refractivity contribution < 1.29 is 0 Å². The summed E-state index contributed by atoms with van der Waals surface area (Å²) in [4.78, 5) is 7.79. The van der Waals surface area contributed by atoms with Gasteiger partial charge in [0, 0.05) is 11.3 Å². The molecule has 0 spiro atoms. The zero-order valence-corrected chi connectivity index (χ0v) is 5.68. The fourth-order valence-electron chi connectivity index (χ4n) is 0.716. The second kappa shape index (κ2) is 2.58. The van der Waals surface area contributed by atoms with E-state index in [9.17, 15) is 0 Å². The first kappa shape index (κ1) is 6.20.